The number of rotatable bonds is 3. The van der Waals surface area contributed by atoms with Crippen molar-refractivity contribution >= 4 is 45.2 Å². The Hall–Kier alpha value is -0.844. The van der Waals surface area contributed by atoms with Crippen LogP contribution in [0.5, 0.6) is 0 Å². The van der Waals surface area contributed by atoms with E-state index in [0.29, 0.717) is 12.9 Å². The first kappa shape index (κ1) is 24.4. The normalized spacial score (nSPS) is 12.2. The van der Waals surface area contributed by atoms with E-state index >= 15 is 0 Å². The van der Waals surface area contributed by atoms with Crippen LogP contribution in [0.2, 0.25) is 0 Å². The topological polar surface area (TPSA) is 42.7 Å². The Balaban J connectivity index is 0.000000941. The fraction of sp³-hybridized carbons (Fsp3) is 0.429. The molecular weight excluding hydrogens is 469 g/mol. The SMILES string of the molecule is Cn1c(-c2cccc(NP(C(C)(C)C)C(C)(C)C)n2)nc2ccccc21.[Cl][Co][Cl]. The van der Waals surface area contributed by atoms with Gasteiger partial charge in [0.2, 0.25) is 0 Å². The molecule has 0 saturated heterocycles. The standard InChI is InChI=1S/C21H29N4P.2ClH.Co/c1-20(2,3)26(21(4,5)6)24-18-14-10-12-16(22-18)19-23-15-11-8-9-13-17(15)25(19)7;;;/h8-14H,1-7H3,(H,22,24);2*1H;/q;;;+2/p-2. The zero-order valence-electron chi connectivity index (χ0n) is 17.9. The molecule has 0 bridgehead atoms. The monoisotopic (exact) mass is 497 g/mol. The van der Waals surface area contributed by atoms with Crippen LogP contribution in [0, 0.1) is 0 Å². The van der Waals surface area contributed by atoms with E-state index < -0.39 is 8.07 Å². The van der Waals surface area contributed by atoms with Crippen LogP contribution in [-0.4, -0.2) is 24.8 Å². The minimum absolute atomic E-state index is 0.184. The van der Waals surface area contributed by atoms with Gasteiger partial charge < -0.3 is 9.65 Å². The molecule has 3 aromatic rings. The van der Waals surface area contributed by atoms with Gasteiger partial charge in [0.05, 0.1) is 11.0 Å². The summed E-state index contributed by atoms with van der Waals surface area (Å²) in [6, 6.07) is 14.3. The zero-order valence-corrected chi connectivity index (χ0v) is 21.4. The molecule has 0 aliphatic carbocycles. The average molecular weight is 498 g/mol. The van der Waals surface area contributed by atoms with Crippen LogP contribution in [0.15, 0.2) is 42.5 Å². The average Bonchev–Trinajstić information content (AvgIpc) is 2.96. The summed E-state index contributed by atoms with van der Waals surface area (Å²) in [4.78, 5) is 9.67. The summed E-state index contributed by atoms with van der Waals surface area (Å²) in [5.41, 5.74) is 3.01. The number of para-hydroxylation sites is 2. The molecule has 0 aliphatic rings. The Morgan fingerprint density at radius 1 is 0.897 bits per heavy atom. The third-order valence-electron chi connectivity index (χ3n) is 4.33. The molecule has 0 radical (unpaired) electrons. The number of anilines is 1. The van der Waals surface area contributed by atoms with Crippen LogP contribution >= 0.6 is 28.4 Å². The molecule has 0 unspecified atom stereocenters. The van der Waals surface area contributed by atoms with Gasteiger partial charge in [0.15, 0.2) is 5.82 Å². The predicted molar refractivity (Wildman–Crippen MR) is 126 cm³/mol. The van der Waals surface area contributed by atoms with Crippen LogP contribution in [0.4, 0.5) is 5.82 Å². The summed E-state index contributed by atoms with van der Waals surface area (Å²) in [6.45, 7) is 13.8. The van der Waals surface area contributed by atoms with Gasteiger partial charge in [-0.1, -0.05) is 59.7 Å². The second-order valence-electron chi connectivity index (χ2n) is 8.73. The summed E-state index contributed by atoms with van der Waals surface area (Å²) in [6.07, 6.45) is 0. The second kappa shape index (κ2) is 9.98. The van der Waals surface area contributed by atoms with Crippen molar-refractivity contribution in [2.45, 2.75) is 51.9 Å². The number of aromatic nitrogens is 3. The third-order valence-corrected chi connectivity index (χ3v) is 7.47. The molecule has 4 nitrogen and oxygen atoms in total. The molecule has 1 aromatic carbocycles. The molecule has 2 heterocycles. The van der Waals surface area contributed by atoms with E-state index in [1.54, 1.807) is 0 Å². The van der Waals surface area contributed by atoms with Crippen molar-refractivity contribution in [2.24, 2.45) is 7.05 Å². The van der Waals surface area contributed by atoms with E-state index in [2.05, 4.69) is 69.4 Å². The molecule has 2 aromatic heterocycles. The fourth-order valence-electron chi connectivity index (χ4n) is 3.45. The summed E-state index contributed by atoms with van der Waals surface area (Å²) in [5.74, 6) is 1.82. The van der Waals surface area contributed by atoms with Crippen LogP contribution in [-0.2, 0) is 19.9 Å². The fourth-order valence-corrected chi connectivity index (χ4v) is 6.49. The maximum absolute atomic E-state index is 4.89. The first-order valence-electron chi connectivity index (χ1n) is 9.28. The van der Waals surface area contributed by atoms with Gasteiger partial charge in [-0.15, -0.1) is 0 Å². The first-order valence-corrected chi connectivity index (χ1v) is 13.5. The van der Waals surface area contributed by atoms with Crippen molar-refractivity contribution in [2.75, 3.05) is 5.09 Å². The van der Waals surface area contributed by atoms with E-state index in [4.69, 9.17) is 30.3 Å². The number of pyridine rings is 1. The first-order chi connectivity index (χ1) is 13.5. The summed E-state index contributed by atoms with van der Waals surface area (Å²) < 4.78 is 2.11. The van der Waals surface area contributed by atoms with Crippen LogP contribution in [0.1, 0.15) is 41.5 Å². The van der Waals surface area contributed by atoms with Crippen molar-refractivity contribution in [3.8, 4) is 11.5 Å². The molecule has 0 saturated carbocycles. The summed E-state index contributed by atoms with van der Waals surface area (Å²) in [7, 11) is 11.0. The minimum atomic E-state index is -0.467. The van der Waals surface area contributed by atoms with Crippen molar-refractivity contribution in [1.82, 2.24) is 14.5 Å². The van der Waals surface area contributed by atoms with Gasteiger partial charge in [0.1, 0.15) is 11.5 Å². The number of hydrogen-bond acceptors (Lipinski definition) is 3. The maximum atomic E-state index is 4.89. The molecule has 8 heteroatoms. The molecule has 29 heavy (non-hydrogen) atoms. The Morgan fingerprint density at radius 2 is 1.48 bits per heavy atom. The number of nitrogens with zero attached hydrogens (tertiary/aromatic N) is 3. The molecule has 0 spiro atoms. The third kappa shape index (κ3) is 6.32. The molecule has 0 amide bonds. The molecule has 1 N–H and O–H groups in total. The number of imidazole rings is 1. The zero-order chi connectivity index (χ0) is 21.8. The number of nitrogens with one attached hydrogen (secondary N) is 1. The van der Waals surface area contributed by atoms with Gasteiger partial charge >= 0.3 is 33.2 Å². The predicted octanol–water partition coefficient (Wildman–Crippen LogP) is 7.42. The molecule has 0 aliphatic heterocycles. The van der Waals surface area contributed by atoms with Crippen LogP contribution < -0.4 is 5.09 Å². The Kier molecular flexibility index (Phi) is 8.40. The van der Waals surface area contributed by atoms with Gasteiger partial charge in [0.25, 0.3) is 0 Å². The van der Waals surface area contributed by atoms with Crippen LogP contribution in [0.25, 0.3) is 22.6 Å². The summed E-state index contributed by atoms with van der Waals surface area (Å²) >= 11 is 0.382. The van der Waals surface area contributed by atoms with Crippen molar-refractivity contribution in [3.63, 3.8) is 0 Å². The Morgan fingerprint density at radius 3 is 2.03 bits per heavy atom. The van der Waals surface area contributed by atoms with E-state index in [1.165, 1.54) is 0 Å². The number of fused-ring (bicyclic) bond motifs is 1. The van der Waals surface area contributed by atoms with E-state index in [-0.39, 0.29) is 10.3 Å². The molecule has 0 fully saturated rings. The van der Waals surface area contributed by atoms with Gasteiger partial charge in [-0.05, 0) is 24.3 Å². The molecular formula is C21H29Cl2CoN4P. The van der Waals surface area contributed by atoms with Gasteiger partial charge in [-0.25, -0.2) is 9.97 Å². The van der Waals surface area contributed by atoms with Crippen molar-refractivity contribution in [1.29, 1.82) is 0 Å². The van der Waals surface area contributed by atoms with Gasteiger partial charge in [-0.3, -0.25) is 0 Å². The summed E-state index contributed by atoms with van der Waals surface area (Å²) in [5, 5.41) is 4.11. The van der Waals surface area contributed by atoms with Crippen molar-refractivity contribution in [3.05, 3.63) is 42.5 Å². The van der Waals surface area contributed by atoms with Crippen LogP contribution in [0.3, 0.4) is 0 Å². The number of hydrogen-bond donors (Lipinski definition) is 1. The molecule has 0 atom stereocenters. The van der Waals surface area contributed by atoms with Gasteiger partial charge in [-0.2, -0.15) is 0 Å². The Labute approximate surface area is 190 Å². The Bertz CT molecular complexity index is 934. The van der Waals surface area contributed by atoms with E-state index in [0.717, 1.165) is 28.4 Å². The van der Waals surface area contributed by atoms with E-state index in [1.807, 2.05) is 31.3 Å². The second-order valence-corrected chi connectivity index (χ2v) is 14.0. The number of aryl methyl sites for hydroxylation is 1. The molecule has 161 valence electrons. The van der Waals surface area contributed by atoms with Gasteiger partial charge in [0, 0.05) is 25.4 Å². The number of halogens is 2. The number of benzene rings is 1. The molecule has 3 rings (SSSR count). The van der Waals surface area contributed by atoms with Crippen molar-refractivity contribution < 1.29 is 12.9 Å². The van der Waals surface area contributed by atoms with E-state index in [9.17, 15) is 0 Å². The quantitative estimate of drug-likeness (QED) is 0.383.